The van der Waals surface area contributed by atoms with Gasteiger partial charge in [-0.3, -0.25) is 4.90 Å². The predicted octanol–water partition coefficient (Wildman–Crippen LogP) is 2.47. The van der Waals surface area contributed by atoms with E-state index in [1.807, 2.05) is 50.9 Å². The van der Waals surface area contributed by atoms with Gasteiger partial charge >= 0.3 is 0 Å². The van der Waals surface area contributed by atoms with E-state index in [-0.39, 0.29) is 6.61 Å². The monoisotopic (exact) mass is 304 g/mol. The number of aromatic nitrogens is 1. The molecule has 1 heterocycles. The smallest absolute Gasteiger partial charge is 0.133 e. The molecule has 1 aromatic heterocycles. The van der Waals surface area contributed by atoms with Crippen molar-refractivity contribution in [1.29, 1.82) is 0 Å². The fraction of sp³-hybridized carbons (Fsp3) is 0.471. The Morgan fingerprint density at radius 1 is 1.18 bits per heavy atom. The van der Waals surface area contributed by atoms with E-state index in [0.29, 0.717) is 13.1 Å². The Kier molecular flexibility index (Phi) is 5.57. The number of nitrogens with zero attached hydrogens (tertiary/aromatic N) is 2. The molecule has 0 aliphatic rings. The Bertz CT molecular complexity index is 589. The first-order valence-corrected chi connectivity index (χ1v) is 7.42. The van der Waals surface area contributed by atoms with Gasteiger partial charge in [-0.05, 0) is 51.1 Å². The zero-order valence-electron chi connectivity index (χ0n) is 13.7. The standard InChI is InChI=1S/C17H24N2O3/c1-12-5-13(2)7-17(6-12)21-11-16(20)10-19(4)9-15-8-14(3)22-18-15/h5-8,16,20H,9-11H2,1-4H3. The lowest BCUT2D eigenvalue weighted by Crippen LogP contribution is -2.32. The molecule has 1 aromatic carbocycles. The van der Waals surface area contributed by atoms with Gasteiger partial charge in [-0.2, -0.15) is 0 Å². The van der Waals surface area contributed by atoms with Gasteiger partial charge in [0.2, 0.25) is 0 Å². The van der Waals surface area contributed by atoms with Crippen LogP contribution in [0.25, 0.3) is 0 Å². The molecule has 120 valence electrons. The summed E-state index contributed by atoms with van der Waals surface area (Å²) in [6, 6.07) is 7.94. The van der Waals surface area contributed by atoms with Gasteiger partial charge in [-0.1, -0.05) is 11.2 Å². The van der Waals surface area contributed by atoms with Gasteiger partial charge in [0, 0.05) is 19.2 Å². The number of ether oxygens (including phenoxy) is 1. The Morgan fingerprint density at radius 2 is 1.86 bits per heavy atom. The molecule has 2 aromatic rings. The van der Waals surface area contributed by atoms with Gasteiger partial charge in [0.1, 0.15) is 24.2 Å². The minimum Gasteiger partial charge on any atom is -0.491 e. The number of rotatable bonds is 7. The van der Waals surface area contributed by atoms with Crippen LogP contribution in [0, 0.1) is 20.8 Å². The third kappa shape index (κ3) is 5.16. The average Bonchev–Trinajstić information content (AvgIpc) is 2.80. The molecule has 5 heteroatoms. The van der Waals surface area contributed by atoms with Crippen molar-refractivity contribution >= 4 is 0 Å². The average molecular weight is 304 g/mol. The van der Waals surface area contributed by atoms with Crippen LogP contribution in [0.2, 0.25) is 0 Å². The summed E-state index contributed by atoms with van der Waals surface area (Å²) in [5.74, 6) is 1.59. The van der Waals surface area contributed by atoms with E-state index >= 15 is 0 Å². The third-order valence-corrected chi connectivity index (χ3v) is 3.27. The molecule has 0 spiro atoms. The Morgan fingerprint density at radius 3 is 2.45 bits per heavy atom. The maximum absolute atomic E-state index is 10.1. The van der Waals surface area contributed by atoms with Crippen molar-refractivity contribution in [1.82, 2.24) is 10.1 Å². The van der Waals surface area contributed by atoms with E-state index in [1.54, 1.807) is 0 Å². The van der Waals surface area contributed by atoms with Crippen molar-refractivity contribution in [3.8, 4) is 5.75 Å². The third-order valence-electron chi connectivity index (χ3n) is 3.27. The van der Waals surface area contributed by atoms with E-state index in [0.717, 1.165) is 28.3 Å². The van der Waals surface area contributed by atoms with Crippen molar-refractivity contribution in [2.24, 2.45) is 0 Å². The normalized spacial score (nSPS) is 12.6. The molecule has 5 nitrogen and oxygen atoms in total. The molecular formula is C17H24N2O3. The van der Waals surface area contributed by atoms with Gasteiger partial charge in [0.25, 0.3) is 0 Å². The second-order valence-corrected chi connectivity index (χ2v) is 5.91. The van der Waals surface area contributed by atoms with Crippen LogP contribution in [0.1, 0.15) is 22.6 Å². The number of aliphatic hydroxyl groups is 1. The van der Waals surface area contributed by atoms with Gasteiger partial charge in [0.15, 0.2) is 0 Å². The van der Waals surface area contributed by atoms with Crippen LogP contribution in [0.4, 0.5) is 0 Å². The maximum atomic E-state index is 10.1. The molecule has 1 N–H and O–H groups in total. The van der Waals surface area contributed by atoms with Gasteiger partial charge in [-0.15, -0.1) is 0 Å². The van der Waals surface area contributed by atoms with Crippen LogP contribution in [-0.4, -0.2) is 41.5 Å². The Labute approximate surface area is 131 Å². The van der Waals surface area contributed by atoms with Crippen LogP contribution in [0.15, 0.2) is 28.8 Å². The summed E-state index contributed by atoms with van der Waals surface area (Å²) in [6.07, 6.45) is -0.557. The second kappa shape index (κ2) is 7.42. The topological polar surface area (TPSA) is 58.7 Å². The fourth-order valence-corrected chi connectivity index (χ4v) is 2.45. The lowest BCUT2D eigenvalue weighted by molar-refractivity contribution is 0.0737. The minimum absolute atomic E-state index is 0.269. The number of hydrogen-bond donors (Lipinski definition) is 1. The van der Waals surface area contributed by atoms with Crippen molar-refractivity contribution in [3.63, 3.8) is 0 Å². The summed E-state index contributed by atoms with van der Waals surface area (Å²) in [4.78, 5) is 1.99. The number of aryl methyl sites for hydroxylation is 3. The highest BCUT2D eigenvalue weighted by molar-refractivity contribution is 5.32. The molecule has 0 aliphatic heterocycles. The zero-order chi connectivity index (χ0) is 16.1. The summed E-state index contributed by atoms with van der Waals surface area (Å²) in [7, 11) is 1.93. The van der Waals surface area contributed by atoms with Crippen LogP contribution in [0.3, 0.4) is 0 Å². The highest BCUT2D eigenvalue weighted by atomic mass is 16.5. The van der Waals surface area contributed by atoms with E-state index in [1.165, 1.54) is 0 Å². The molecule has 0 saturated carbocycles. The SMILES string of the molecule is Cc1cc(C)cc(OCC(O)CN(C)Cc2cc(C)on2)c1. The van der Waals surface area contributed by atoms with E-state index < -0.39 is 6.10 Å². The molecule has 0 saturated heterocycles. The first-order chi connectivity index (χ1) is 10.4. The van der Waals surface area contributed by atoms with Gasteiger partial charge in [0.05, 0.1) is 5.69 Å². The highest BCUT2D eigenvalue weighted by Gasteiger charge is 2.11. The quantitative estimate of drug-likeness (QED) is 0.851. The molecule has 0 radical (unpaired) electrons. The van der Waals surface area contributed by atoms with E-state index in [2.05, 4.69) is 11.2 Å². The molecule has 0 amide bonds. The molecule has 0 bridgehead atoms. The summed E-state index contributed by atoms with van der Waals surface area (Å²) < 4.78 is 10.7. The van der Waals surface area contributed by atoms with Crippen molar-refractivity contribution in [2.75, 3.05) is 20.2 Å². The van der Waals surface area contributed by atoms with Crippen LogP contribution in [-0.2, 0) is 6.54 Å². The summed E-state index contributed by atoms with van der Waals surface area (Å²) >= 11 is 0. The first-order valence-electron chi connectivity index (χ1n) is 7.42. The first kappa shape index (κ1) is 16.5. The van der Waals surface area contributed by atoms with Crippen LogP contribution < -0.4 is 4.74 Å². The van der Waals surface area contributed by atoms with Crippen molar-refractivity contribution in [3.05, 3.63) is 46.8 Å². The molecular weight excluding hydrogens is 280 g/mol. The van der Waals surface area contributed by atoms with E-state index in [9.17, 15) is 5.11 Å². The number of aliphatic hydroxyl groups excluding tert-OH is 1. The summed E-state index contributed by atoms with van der Waals surface area (Å²) in [5, 5.41) is 14.0. The number of hydrogen-bond acceptors (Lipinski definition) is 5. The summed E-state index contributed by atoms with van der Waals surface area (Å²) in [6.45, 7) is 7.34. The minimum atomic E-state index is -0.557. The number of benzene rings is 1. The largest absolute Gasteiger partial charge is 0.491 e. The summed E-state index contributed by atoms with van der Waals surface area (Å²) in [5.41, 5.74) is 3.17. The Balaban J connectivity index is 1.78. The molecule has 1 atom stereocenters. The molecule has 1 unspecified atom stereocenters. The fourth-order valence-electron chi connectivity index (χ4n) is 2.45. The van der Waals surface area contributed by atoms with E-state index in [4.69, 9.17) is 9.26 Å². The lowest BCUT2D eigenvalue weighted by Gasteiger charge is -2.20. The highest BCUT2D eigenvalue weighted by Crippen LogP contribution is 2.16. The molecule has 0 fully saturated rings. The predicted molar refractivity (Wildman–Crippen MR) is 85.0 cm³/mol. The Hall–Kier alpha value is -1.85. The maximum Gasteiger partial charge on any atom is 0.133 e. The zero-order valence-corrected chi connectivity index (χ0v) is 13.7. The van der Waals surface area contributed by atoms with Crippen molar-refractivity contribution in [2.45, 2.75) is 33.4 Å². The lowest BCUT2D eigenvalue weighted by atomic mass is 10.1. The van der Waals surface area contributed by atoms with Crippen LogP contribution >= 0.6 is 0 Å². The van der Waals surface area contributed by atoms with Gasteiger partial charge in [-0.25, -0.2) is 0 Å². The van der Waals surface area contributed by atoms with Gasteiger partial charge < -0.3 is 14.4 Å². The second-order valence-electron chi connectivity index (χ2n) is 5.91. The molecule has 22 heavy (non-hydrogen) atoms. The van der Waals surface area contributed by atoms with Crippen LogP contribution in [0.5, 0.6) is 5.75 Å². The van der Waals surface area contributed by atoms with Crippen molar-refractivity contribution < 1.29 is 14.4 Å². The molecule has 0 aliphatic carbocycles. The number of likely N-dealkylation sites (N-methyl/N-ethyl adjacent to an activating group) is 1. The molecule has 2 rings (SSSR count).